The molecule has 0 saturated heterocycles. The summed E-state index contributed by atoms with van der Waals surface area (Å²) >= 11 is 1.88. The standard InChI is InChI=1S/C16H21N3S/c1-3-17-11-13-5-4-6-16(18-13)19-9-7-15-14(12(19)2)8-10-20-15/h4-6,8,10,12,17H,3,7,9,11H2,1-2H3. The van der Waals surface area contributed by atoms with Gasteiger partial charge in [0, 0.05) is 18.0 Å². The first-order valence-electron chi connectivity index (χ1n) is 7.29. The molecule has 0 aromatic carbocycles. The zero-order chi connectivity index (χ0) is 13.9. The Hall–Kier alpha value is -1.39. The van der Waals surface area contributed by atoms with Gasteiger partial charge in [0.25, 0.3) is 0 Å². The van der Waals surface area contributed by atoms with Gasteiger partial charge in [-0.15, -0.1) is 11.3 Å². The molecule has 0 spiro atoms. The molecule has 3 heterocycles. The summed E-state index contributed by atoms with van der Waals surface area (Å²) in [5.74, 6) is 1.10. The van der Waals surface area contributed by atoms with Crippen LogP contribution in [0, 0.1) is 0 Å². The maximum Gasteiger partial charge on any atom is 0.129 e. The molecule has 20 heavy (non-hydrogen) atoms. The van der Waals surface area contributed by atoms with E-state index < -0.39 is 0 Å². The van der Waals surface area contributed by atoms with Gasteiger partial charge in [-0.05, 0) is 49.0 Å². The summed E-state index contributed by atoms with van der Waals surface area (Å²) < 4.78 is 0. The molecule has 1 atom stereocenters. The molecular weight excluding hydrogens is 266 g/mol. The number of thiophene rings is 1. The number of anilines is 1. The van der Waals surface area contributed by atoms with Gasteiger partial charge in [-0.1, -0.05) is 13.0 Å². The normalized spacial score (nSPS) is 18.1. The van der Waals surface area contributed by atoms with Crippen molar-refractivity contribution in [3.05, 3.63) is 45.8 Å². The molecule has 3 rings (SSSR count). The predicted octanol–water partition coefficient (Wildman–Crippen LogP) is 3.38. The fraction of sp³-hybridized carbons (Fsp3) is 0.438. The van der Waals surface area contributed by atoms with E-state index >= 15 is 0 Å². The fourth-order valence-electron chi connectivity index (χ4n) is 2.80. The minimum Gasteiger partial charge on any atom is -0.349 e. The highest BCUT2D eigenvalue weighted by molar-refractivity contribution is 7.10. The zero-order valence-corrected chi connectivity index (χ0v) is 12.9. The van der Waals surface area contributed by atoms with Gasteiger partial charge in [-0.3, -0.25) is 0 Å². The highest BCUT2D eigenvalue weighted by atomic mass is 32.1. The molecule has 1 aliphatic rings. The molecule has 0 radical (unpaired) electrons. The first-order valence-corrected chi connectivity index (χ1v) is 8.17. The van der Waals surface area contributed by atoms with Crippen molar-refractivity contribution < 1.29 is 0 Å². The zero-order valence-electron chi connectivity index (χ0n) is 12.1. The van der Waals surface area contributed by atoms with Gasteiger partial charge in [-0.25, -0.2) is 4.98 Å². The number of nitrogens with one attached hydrogen (secondary N) is 1. The van der Waals surface area contributed by atoms with Crippen LogP contribution in [0.1, 0.15) is 36.0 Å². The van der Waals surface area contributed by atoms with E-state index in [1.165, 1.54) is 10.4 Å². The van der Waals surface area contributed by atoms with Gasteiger partial charge in [0.15, 0.2) is 0 Å². The van der Waals surface area contributed by atoms with Gasteiger partial charge < -0.3 is 10.2 Å². The number of nitrogens with zero attached hydrogens (tertiary/aromatic N) is 2. The lowest BCUT2D eigenvalue weighted by molar-refractivity contribution is 0.621. The Kier molecular flexibility index (Phi) is 4.03. The van der Waals surface area contributed by atoms with Crippen LogP contribution in [-0.4, -0.2) is 18.1 Å². The van der Waals surface area contributed by atoms with E-state index in [9.17, 15) is 0 Å². The van der Waals surface area contributed by atoms with E-state index in [2.05, 4.69) is 53.7 Å². The number of hydrogen-bond acceptors (Lipinski definition) is 4. The largest absolute Gasteiger partial charge is 0.349 e. The first-order chi connectivity index (χ1) is 9.79. The van der Waals surface area contributed by atoms with Crippen LogP contribution in [0.15, 0.2) is 29.6 Å². The van der Waals surface area contributed by atoms with Gasteiger partial charge >= 0.3 is 0 Å². The molecule has 0 saturated carbocycles. The van der Waals surface area contributed by atoms with Crippen LogP contribution in [0.3, 0.4) is 0 Å². The van der Waals surface area contributed by atoms with Gasteiger partial charge in [-0.2, -0.15) is 0 Å². The Bertz CT molecular complexity index is 579. The molecule has 1 N–H and O–H groups in total. The van der Waals surface area contributed by atoms with E-state index in [0.29, 0.717) is 6.04 Å². The summed E-state index contributed by atoms with van der Waals surface area (Å²) in [7, 11) is 0. The average molecular weight is 287 g/mol. The minimum absolute atomic E-state index is 0.423. The van der Waals surface area contributed by atoms with Crippen molar-refractivity contribution in [1.82, 2.24) is 10.3 Å². The maximum absolute atomic E-state index is 4.81. The van der Waals surface area contributed by atoms with Crippen molar-refractivity contribution in [2.24, 2.45) is 0 Å². The smallest absolute Gasteiger partial charge is 0.129 e. The molecule has 2 aromatic rings. The van der Waals surface area contributed by atoms with Crippen molar-refractivity contribution >= 4 is 17.2 Å². The number of fused-ring (bicyclic) bond motifs is 1. The van der Waals surface area contributed by atoms with Gasteiger partial charge in [0.2, 0.25) is 0 Å². The average Bonchev–Trinajstić information content (AvgIpc) is 2.95. The lowest BCUT2D eigenvalue weighted by Crippen LogP contribution is -2.33. The van der Waals surface area contributed by atoms with E-state index in [1.54, 1.807) is 0 Å². The molecule has 3 nitrogen and oxygen atoms in total. The van der Waals surface area contributed by atoms with E-state index in [4.69, 9.17) is 4.98 Å². The van der Waals surface area contributed by atoms with E-state index in [0.717, 1.165) is 37.6 Å². The summed E-state index contributed by atoms with van der Waals surface area (Å²) in [6.07, 6.45) is 1.14. The lowest BCUT2D eigenvalue weighted by atomic mass is 10.0. The summed E-state index contributed by atoms with van der Waals surface area (Å²) in [5, 5.41) is 5.55. The van der Waals surface area contributed by atoms with Crippen LogP contribution in [-0.2, 0) is 13.0 Å². The van der Waals surface area contributed by atoms with Crippen LogP contribution < -0.4 is 10.2 Å². The number of aromatic nitrogens is 1. The van der Waals surface area contributed by atoms with Crippen molar-refractivity contribution in [2.75, 3.05) is 18.0 Å². The maximum atomic E-state index is 4.81. The highest BCUT2D eigenvalue weighted by Crippen LogP contribution is 2.35. The fourth-order valence-corrected chi connectivity index (χ4v) is 3.76. The minimum atomic E-state index is 0.423. The molecular formula is C16H21N3S. The Morgan fingerprint density at radius 1 is 1.40 bits per heavy atom. The number of rotatable bonds is 4. The third kappa shape index (κ3) is 2.58. The van der Waals surface area contributed by atoms with E-state index in [-0.39, 0.29) is 0 Å². The van der Waals surface area contributed by atoms with Gasteiger partial charge in [0.1, 0.15) is 5.82 Å². The molecule has 1 unspecified atom stereocenters. The summed E-state index contributed by atoms with van der Waals surface area (Å²) in [6.45, 7) is 7.28. The third-order valence-corrected chi connectivity index (χ3v) is 4.92. The molecule has 106 valence electrons. The Morgan fingerprint density at radius 3 is 3.15 bits per heavy atom. The first kappa shape index (κ1) is 13.6. The SMILES string of the molecule is CCNCc1cccc(N2CCc3sccc3C2C)n1. The molecule has 0 amide bonds. The third-order valence-electron chi connectivity index (χ3n) is 3.92. The Morgan fingerprint density at radius 2 is 2.30 bits per heavy atom. The van der Waals surface area contributed by atoms with Gasteiger partial charge in [0.05, 0.1) is 11.7 Å². The van der Waals surface area contributed by atoms with Crippen molar-refractivity contribution in [3.63, 3.8) is 0 Å². The van der Waals surface area contributed by atoms with Crippen molar-refractivity contribution in [1.29, 1.82) is 0 Å². The molecule has 4 heteroatoms. The molecule has 1 aliphatic heterocycles. The quantitative estimate of drug-likeness (QED) is 0.934. The lowest BCUT2D eigenvalue weighted by Gasteiger charge is -2.34. The topological polar surface area (TPSA) is 28.2 Å². The van der Waals surface area contributed by atoms with Crippen LogP contribution in [0.4, 0.5) is 5.82 Å². The number of hydrogen-bond donors (Lipinski definition) is 1. The summed E-state index contributed by atoms with van der Waals surface area (Å²) in [6, 6.07) is 9.02. The second-order valence-corrected chi connectivity index (χ2v) is 6.19. The Labute approximate surface area is 124 Å². The molecule has 0 aliphatic carbocycles. The highest BCUT2D eigenvalue weighted by Gasteiger charge is 2.25. The van der Waals surface area contributed by atoms with Crippen molar-refractivity contribution in [3.8, 4) is 0 Å². The van der Waals surface area contributed by atoms with Crippen LogP contribution in [0.5, 0.6) is 0 Å². The summed E-state index contributed by atoms with van der Waals surface area (Å²) in [5.41, 5.74) is 2.59. The van der Waals surface area contributed by atoms with Crippen LogP contribution >= 0.6 is 11.3 Å². The molecule has 2 aromatic heterocycles. The van der Waals surface area contributed by atoms with Crippen molar-refractivity contribution in [2.45, 2.75) is 32.9 Å². The Balaban J connectivity index is 1.83. The van der Waals surface area contributed by atoms with Crippen LogP contribution in [0.2, 0.25) is 0 Å². The predicted molar refractivity (Wildman–Crippen MR) is 85.4 cm³/mol. The molecule has 0 bridgehead atoms. The van der Waals surface area contributed by atoms with E-state index in [1.807, 2.05) is 11.3 Å². The summed E-state index contributed by atoms with van der Waals surface area (Å²) in [4.78, 5) is 8.77. The number of pyridine rings is 1. The monoisotopic (exact) mass is 287 g/mol. The molecule has 0 fully saturated rings. The van der Waals surface area contributed by atoms with Crippen LogP contribution in [0.25, 0.3) is 0 Å². The second kappa shape index (κ2) is 5.94. The second-order valence-electron chi connectivity index (χ2n) is 5.19.